The van der Waals surface area contributed by atoms with Gasteiger partial charge < -0.3 is 0 Å². The summed E-state index contributed by atoms with van der Waals surface area (Å²) in [6.45, 7) is 1.87. The van der Waals surface area contributed by atoms with Crippen molar-refractivity contribution in [3.05, 3.63) is 0 Å². The zero-order valence-corrected chi connectivity index (χ0v) is 5.45. The highest BCUT2D eigenvalue weighted by Gasteiger charge is 1.78. The van der Waals surface area contributed by atoms with Crippen LogP contribution >= 0.6 is 0 Å². The SMILES string of the molecule is CN=C(C)NNNC. The van der Waals surface area contributed by atoms with E-state index in [0.717, 1.165) is 5.84 Å². The molecule has 0 fully saturated rings. The highest BCUT2D eigenvalue weighted by Crippen LogP contribution is 1.59. The lowest BCUT2D eigenvalue weighted by molar-refractivity contribution is 0.560. The fraction of sp³-hybridized carbons (Fsp3) is 0.750. The molecule has 0 aliphatic carbocycles. The summed E-state index contributed by atoms with van der Waals surface area (Å²) in [5.74, 6) is 0.847. The topological polar surface area (TPSA) is 48.5 Å². The minimum Gasteiger partial charge on any atom is -0.296 e. The van der Waals surface area contributed by atoms with Crippen LogP contribution in [0.25, 0.3) is 0 Å². The van der Waals surface area contributed by atoms with Crippen molar-refractivity contribution in [2.75, 3.05) is 14.1 Å². The van der Waals surface area contributed by atoms with Gasteiger partial charge in [0, 0.05) is 14.1 Å². The molecule has 48 valence electrons. The van der Waals surface area contributed by atoms with Gasteiger partial charge in [-0.15, -0.1) is 0 Å². The summed E-state index contributed by atoms with van der Waals surface area (Å²) in [4.78, 5) is 3.83. The van der Waals surface area contributed by atoms with Gasteiger partial charge in [0.2, 0.25) is 0 Å². The Labute approximate surface area is 49.3 Å². The van der Waals surface area contributed by atoms with Gasteiger partial charge in [0.1, 0.15) is 5.84 Å². The largest absolute Gasteiger partial charge is 0.296 e. The summed E-state index contributed by atoms with van der Waals surface area (Å²) >= 11 is 0. The van der Waals surface area contributed by atoms with Crippen molar-refractivity contribution in [1.82, 2.24) is 16.4 Å². The molecule has 4 nitrogen and oxygen atoms in total. The molecular formula is C4H12N4. The molecule has 0 atom stereocenters. The number of aliphatic imine (C=N–C) groups is 1. The van der Waals surface area contributed by atoms with Crippen LogP contribution in [0.4, 0.5) is 0 Å². The Morgan fingerprint density at radius 3 is 2.50 bits per heavy atom. The maximum Gasteiger partial charge on any atom is 0.108 e. The van der Waals surface area contributed by atoms with E-state index in [2.05, 4.69) is 21.4 Å². The van der Waals surface area contributed by atoms with Crippen molar-refractivity contribution in [2.45, 2.75) is 6.92 Å². The Hall–Kier alpha value is -0.610. The molecule has 0 radical (unpaired) electrons. The van der Waals surface area contributed by atoms with Crippen molar-refractivity contribution in [3.8, 4) is 0 Å². The van der Waals surface area contributed by atoms with Gasteiger partial charge in [-0.2, -0.15) is 5.53 Å². The average molecular weight is 116 g/mol. The monoisotopic (exact) mass is 116 g/mol. The third-order valence-corrected chi connectivity index (χ3v) is 0.704. The van der Waals surface area contributed by atoms with Crippen LogP contribution in [0.15, 0.2) is 4.99 Å². The number of hydrazine groups is 2. The number of hydrogen-bond donors (Lipinski definition) is 3. The summed E-state index contributed by atoms with van der Waals surface area (Å²) in [6.07, 6.45) is 0. The first-order valence-electron chi connectivity index (χ1n) is 2.42. The van der Waals surface area contributed by atoms with Crippen LogP contribution in [-0.4, -0.2) is 19.9 Å². The van der Waals surface area contributed by atoms with E-state index in [0.29, 0.717) is 0 Å². The minimum absolute atomic E-state index is 0.847. The van der Waals surface area contributed by atoms with Gasteiger partial charge in [-0.05, 0) is 6.92 Å². The zero-order chi connectivity index (χ0) is 6.41. The summed E-state index contributed by atoms with van der Waals surface area (Å²) in [5, 5.41) is 0. The molecule has 0 aliphatic heterocycles. The Bertz CT molecular complexity index is 78.1. The Balaban J connectivity index is 3.12. The molecule has 0 bridgehead atoms. The summed E-state index contributed by atoms with van der Waals surface area (Å²) in [5.41, 5.74) is 8.13. The van der Waals surface area contributed by atoms with E-state index in [1.54, 1.807) is 14.1 Å². The van der Waals surface area contributed by atoms with Gasteiger partial charge in [0.05, 0.1) is 0 Å². The smallest absolute Gasteiger partial charge is 0.108 e. The van der Waals surface area contributed by atoms with Crippen molar-refractivity contribution in [1.29, 1.82) is 0 Å². The van der Waals surface area contributed by atoms with E-state index in [1.807, 2.05) is 6.92 Å². The van der Waals surface area contributed by atoms with Crippen molar-refractivity contribution in [3.63, 3.8) is 0 Å². The number of amidine groups is 1. The van der Waals surface area contributed by atoms with Crippen LogP contribution in [0, 0.1) is 0 Å². The second kappa shape index (κ2) is 4.55. The van der Waals surface area contributed by atoms with Gasteiger partial charge in [0.25, 0.3) is 0 Å². The molecule has 0 aromatic carbocycles. The number of hydrogen-bond acceptors (Lipinski definition) is 3. The molecule has 0 aliphatic rings. The highest BCUT2D eigenvalue weighted by atomic mass is 15.6. The first-order valence-corrected chi connectivity index (χ1v) is 2.42. The third-order valence-electron chi connectivity index (χ3n) is 0.704. The zero-order valence-electron chi connectivity index (χ0n) is 5.45. The molecule has 0 saturated carbocycles. The van der Waals surface area contributed by atoms with Gasteiger partial charge in [-0.1, -0.05) is 0 Å². The Morgan fingerprint density at radius 1 is 1.50 bits per heavy atom. The van der Waals surface area contributed by atoms with Crippen LogP contribution in [0.5, 0.6) is 0 Å². The number of rotatable bonds is 2. The first-order chi connectivity index (χ1) is 3.81. The van der Waals surface area contributed by atoms with Crippen molar-refractivity contribution in [2.24, 2.45) is 4.99 Å². The van der Waals surface area contributed by atoms with E-state index in [1.165, 1.54) is 0 Å². The van der Waals surface area contributed by atoms with Crippen molar-refractivity contribution < 1.29 is 0 Å². The molecule has 8 heavy (non-hydrogen) atoms. The maximum absolute atomic E-state index is 3.83. The van der Waals surface area contributed by atoms with Gasteiger partial charge in [-0.25, -0.2) is 5.43 Å². The number of nitrogens with zero attached hydrogens (tertiary/aromatic N) is 1. The van der Waals surface area contributed by atoms with E-state index < -0.39 is 0 Å². The first kappa shape index (κ1) is 7.39. The lowest BCUT2D eigenvalue weighted by Gasteiger charge is -2.03. The van der Waals surface area contributed by atoms with E-state index in [4.69, 9.17) is 0 Å². The molecule has 0 aromatic heterocycles. The molecule has 0 spiro atoms. The van der Waals surface area contributed by atoms with Gasteiger partial charge in [-0.3, -0.25) is 10.4 Å². The predicted molar refractivity (Wildman–Crippen MR) is 34.4 cm³/mol. The van der Waals surface area contributed by atoms with Crippen molar-refractivity contribution >= 4 is 5.84 Å². The summed E-state index contributed by atoms with van der Waals surface area (Å²) in [7, 11) is 3.50. The normalized spacial score (nSPS) is 11.6. The molecule has 3 N–H and O–H groups in total. The maximum atomic E-state index is 3.83. The molecule has 4 heteroatoms. The molecule has 0 rings (SSSR count). The fourth-order valence-corrected chi connectivity index (χ4v) is 0.209. The Kier molecular flexibility index (Phi) is 4.20. The van der Waals surface area contributed by atoms with E-state index >= 15 is 0 Å². The van der Waals surface area contributed by atoms with Gasteiger partial charge in [0.15, 0.2) is 0 Å². The lowest BCUT2D eigenvalue weighted by Crippen LogP contribution is -2.43. The second-order valence-electron chi connectivity index (χ2n) is 1.31. The van der Waals surface area contributed by atoms with Crippen LogP contribution in [0.1, 0.15) is 6.92 Å². The second-order valence-corrected chi connectivity index (χ2v) is 1.31. The lowest BCUT2D eigenvalue weighted by atomic mass is 10.7. The van der Waals surface area contributed by atoms with Crippen LogP contribution in [0.3, 0.4) is 0 Å². The minimum atomic E-state index is 0.847. The Morgan fingerprint density at radius 2 is 2.12 bits per heavy atom. The third kappa shape index (κ3) is 3.58. The number of nitrogens with one attached hydrogen (secondary N) is 3. The molecule has 0 heterocycles. The van der Waals surface area contributed by atoms with E-state index in [9.17, 15) is 0 Å². The molecule has 0 saturated heterocycles. The quantitative estimate of drug-likeness (QED) is 0.253. The van der Waals surface area contributed by atoms with Gasteiger partial charge >= 0.3 is 0 Å². The molecule has 0 amide bonds. The molecule has 0 aromatic rings. The summed E-state index contributed by atoms with van der Waals surface area (Å²) in [6, 6.07) is 0. The van der Waals surface area contributed by atoms with Crippen LogP contribution in [-0.2, 0) is 0 Å². The molecular weight excluding hydrogens is 104 g/mol. The predicted octanol–water partition coefficient (Wildman–Crippen LogP) is -0.737. The molecule has 0 unspecified atom stereocenters. The fourth-order valence-electron chi connectivity index (χ4n) is 0.209. The average Bonchev–Trinajstić information content (AvgIpc) is 1.83. The van der Waals surface area contributed by atoms with Crippen LogP contribution in [0.2, 0.25) is 0 Å². The van der Waals surface area contributed by atoms with Crippen LogP contribution < -0.4 is 16.4 Å². The standard InChI is InChI=1S/C4H12N4/c1-4(5-2)7-8-6-3/h6,8H,1-3H3,(H,5,7). The highest BCUT2D eigenvalue weighted by molar-refractivity contribution is 5.78. The summed E-state index contributed by atoms with van der Waals surface area (Å²) < 4.78 is 0. The van der Waals surface area contributed by atoms with E-state index in [-0.39, 0.29) is 0 Å².